The second kappa shape index (κ2) is 5.88. The number of amides is 1. The van der Waals surface area contributed by atoms with Crippen molar-refractivity contribution in [1.29, 1.82) is 0 Å². The van der Waals surface area contributed by atoms with E-state index in [1.165, 1.54) is 11.5 Å². The van der Waals surface area contributed by atoms with Gasteiger partial charge in [-0.15, -0.1) is 0 Å². The molecule has 21 heavy (non-hydrogen) atoms. The molecule has 5 nitrogen and oxygen atoms in total. The smallest absolute Gasteiger partial charge is 0.258 e. The Kier molecular flexibility index (Phi) is 3.79. The maximum absolute atomic E-state index is 12.1. The van der Waals surface area contributed by atoms with Gasteiger partial charge in [0.25, 0.3) is 5.91 Å². The molecule has 0 aliphatic carbocycles. The number of nitrogens with zero attached hydrogens (tertiary/aromatic N) is 3. The third-order valence-electron chi connectivity index (χ3n) is 3.07. The van der Waals surface area contributed by atoms with Crippen LogP contribution in [0.25, 0.3) is 0 Å². The van der Waals surface area contributed by atoms with Crippen molar-refractivity contribution in [2.24, 2.45) is 0 Å². The first-order valence-corrected chi connectivity index (χ1v) is 7.35. The van der Waals surface area contributed by atoms with Crippen LogP contribution < -0.4 is 5.32 Å². The van der Waals surface area contributed by atoms with Gasteiger partial charge in [0.2, 0.25) is 0 Å². The molecule has 106 valence electrons. The number of anilines is 1. The predicted octanol–water partition coefficient (Wildman–Crippen LogP) is 2.95. The average Bonchev–Trinajstić information content (AvgIpc) is 3.09. The maximum atomic E-state index is 12.1. The number of carbonyl (C=O) groups excluding carboxylic acids is 1. The average molecular weight is 298 g/mol. The van der Waals surface area contributed by atoms with Crippen molar-refractivity contribution in [3.05, 3.63) is 64.9 Å². The summed E-state index contributed by atoms with van der Waals surface area (Å²) in [6.45, 7) is 2.50. The van der Waals surface area contributed by atoms with E-state index in [0.717, 1.165) is 11.3 Å². The van der Waals surface area contributed by atoms with Gasteiger partial charge in [-0.1, -0.05) is 30.3 Å². The van der Waals surface area contributed by atoms with Gasteiger partial charge in [0.15, 0.2) is 0 Å². The third kappa shape index (κ3) is 3.17. The second-order valence-corrected chi connectivity index (χ2v) is 5.31. The van der Waals surface area contributed by atoms with Gasteiger partial charge in [0.05, 0.1) is 29.7 Å². The first-order chi connectivity index (χ1) is 10.2. The zero-order valence-corrected chi connectivity index (χ0v) is 12.3. The highest BCUT2D eigenvalue weighted by molar-refractivity contribution is 7.04. The zero-order valence-electron chi connectivity index (χ0n) is 11.5. The summed E-state index contributed by atoms with van der Waals surface area (Å²) in [7, 11) is 0. The van der Waals surface area contributed by atoms with Crippen molar-refractivity contribution in [3.8, 4) is 0 Å². The highest BCUT2D eigenvalue weighted by Gasteiger charge is 2.12. The Morgan fingerprint density at radius 3 is 2.86 bits per heavy atom. The molecule has 2 aromatic heterocycles. The van der Waals surface area contributed by atoms with Crippen LogP contribution in [0, 0.1) is 6.92 Å². The molecule has 0 aliphatic rings. The van der Waals surface area contributed by atoms with Crippen LogP contribution in [0.2, 0.25) is 0 Å². The Balaban J connectivity index is 1.68. The van der Waals surface area contributed by atoms with Crippen molar-refractivity contribution in [2.45, 2.75) is 13.5 Å². The Bertz CT molecular complexity index is 748. The quantitative estimate of drug-likeness (QED) is 0.805. The van der Waals surface area contributed by atoms with E-state index in [1.807, 2.05) is 43.5 Å². The van der Waals surface area contributed by atoms with Crippen molar-refractivity contribution < 1.29 is 4.79 Å². The second-order valence-electron chi connectivity index (χ2n) is 4.68. The van der Waals surface area contributed by atoms with Gasteiger partial charge in [0, 0.05) is 11.6 Å². The normalized spacial score (nSPS) is 10.5. The number of rotatable bonds is 4. The van der Waals surface area contributed by atoms with Crippen LogP contribution in [0.5, 0.6) is 0 Å². The van der Waals surface area contributed by atoms with Crippen LogP contribution in [0.4, 0.5) is 5.69 Å². The standard InChI is InChI=1S/C15H14N4OS/c1-11-14(10-21-18-11)15(20)17-13-7-16-19(9-13)8-12-5-3-2-4-6-12/h2-7,9-10H,8H2,1H3,(H,17,20). The lowest BCUT2D eigenvalue weighted by Crippen LogP contribution is -2.11. The molecule has 1 N–H and O–H groups in total. The molecular formula is C15H14N4OS. The minimum atomic E-state index is -0.152. The molecule has 0 aliphatic heterocycles. The largest absolute Gasteiger partial charge is 0.319 e. The molecule has 1 aromatic carbocycles. The van der Waals surface area contributed by atoms with E-state index in [1.54, 1.807) is 16.3 Å². The number of aromatic nitrogens is 3. The number of nitrogens with one attached hydrogen (secondary N) is 1. The summed E-state index contributed by atoms with van der Waals surface area (Å²) in [5, 5.41) is 8.84. The fourth-order valence-electron chi connectivity index (χ4n) is 1.99. The number of hydrogen-bond acceptors (Lipinski definition) is 4. The Morgan fingerprint density at radius 1 is 1.33 bits per heavy atom. The van der Waals surface area contributed by atoms with Crippen LogP contribution in [0.15, 0.2) is 48.1 Å². The number of hydrogen-bond donors (Lipinski definition) is 1. The van der Waals surface area contributed by atoms with E-state index in [9.17, 15) is 4.79 Å². The monoisotopic (exact) mass is 298 g/mol. The van der Waals surface area contributed by atoms with Gasteiger partial charge in [-0.3, -0.25) is 9.48 Å². The summed E-state index contributed by atoms with van der Waals surface area (Å²) in [6, 6.07) is 10.1. The van der Waals surface area contributed by atoms with E-state index >= 15 is 0 Å². The fraction of sp³-hybridized carbons (Fsp3) is 0.133. The summed E-state index contributed by atoms with van der Waals surface area (Å²) >= 11 is 1.28. The molecule has 3 rings (SSSR count). The topological polar surface area (TPSA) is 59.8 Å². The highest BCUT2D eigenvalue weighted by Crippen LogP contribution is 2.13. The zero-order chi connectivity index (χ0) is 14.7. The SMILES string of the molecule is Cc1nscc1C(=O)Nc1cnn(Cc2ccccc2)c1. The van der Waals surface area contributed by atoms with E-state index in [4.69, 9.17) is 0 Å². The highest BCUT2D eigenvalue weighted by atomic mass is 32.1. The first-order valence-electron chi connectivity index (χ1n) is 6.51. The van der Waals surface area contributed by atoms with Crippen LogP contribution in [-0.2, 0) is 6.54 Å². The van der Waals surface area contributed by atoms with Gasteiger partial charge < -0.3 is 5.32 Å². The van der Waals surface area contributed by atoms with Crippen LogP contribution in [0.3, 0.4) is 0 Å². The molecule has 3 aromatic rings. The molecule has 0 fully saturated rings. The minimum absolute atomic E-state index is 0.152. The van der Waals surface area contributed by atoms with Crippen molar-refractivity contribution >= 4 is 23.1 Å². The van der Waals surface area contributed by atoms with Crippen LogP contribution in [0.1, 0.15) is 21.6 Å². The number of aryl methyl sites for hydroxylation is 1. The molecule has 0 unspecified atom stereocenters. The van der Waals surface area contributed by atoms with Crippen LogP contribution in [-0.4, -0.2) is 20.1 Å². The predicted molar refractivity (Wildman–Crippen MR) is 82.6 cm³/mol. The van der Waals surface area contributed by atoms with E-state index in [-0.39, 0.29) is 5.91 Å². The molecule has 1 amide bonds. The summed E-state index contributed by atoms with van der Waals surface area (Å²) in [5.41, 5.74) is 3.20. The van der Waals surface area contributed by atoms with Crippen molar-refractivity contribution in [3.63, 3.8) is 0 Å². The van der Waals surface area contributed by atoms with Gasteiger partial charge >= 0.3 is 0 Å². The molecule has 2 heterocycles. The van der Waals surface area contributed by atoms with Gasteiger partial charge in [-0.25, -0.2) is 0 Å². The van der Waals surface area contributed by atoms with E-state index < -0.39 is 0 Å². The van der Waals surface area contributed by atoms with Crippen LogP contribution >= 0.6 is 11.5 Å². The summed E-state index contributed by atoms with van der Waals surface area (Å²) in [5.74, 6) is -0.152. The molecule has 0 saturated heterocycles. The van der Waals surface area contributed by atoms with E-state index in [0.29, 0.717) is 17.8 Å². The third-order valence-corrected chi connectivity index (χ3v) is 3.79. The lowest BCUT2D eigenvalue weighted by molar-refractivity contribution is 0.102. The first kappa shape index (κ1) is 13.5. The van der Waals surface area contributed by atoms with Crippen molar-refractivity contribution in [2.75, 3.05) is 5.32 Å². The molecule has 0 radical (unpaired) electrons. The summed E-state index contributed by atoms with van der Waals surface area (Å²) in [6.07, 6.45) is 3.47. The molecule has 0 atom stereocenters. The Morgan fingerprint density at radius 2 is 2.14 bits per heavy atom. The van der Waals surface area contributed by atoms with Gasteiger partial charge in [0.1, 0.15) is 0 Å². The molecule has 6 heteroatoms. The minimum Gasteiger partial charge on any atom is -0.319 e. The lowest BCUT2D eigenvalue weighted by Gasteiger charge is -2.02. The molecule has 0 spiro atoms. The Labute approximate surface area is 126 Å². The summed E-state index contributed by atoms with van der Waals surface area (Å²) in [4.78, 5) is 12.1. The number of benzene rings is 1. The molecule has 0 bridgehead atoms. The lowest BCUT2D eigenvalue weighted by atomic mass is 10.2. The molecule has 0 saturated carbocycles. The molecular weight excluding hydrogens is 284 g/mol. The fourth-order valence-corrected chi connectivity index (χ4v) is 2.69. The van der Waals surface area contributed by atoms with E-state index in [2.05, 4.69) is 14.8 Å². The summed E-state index contributed by atoms with van der Waals surface area (Å²) < 4.78 is 5.90. The van der Waals surface area contributed by atoms with Gasteiger partial charge in [-0.05, 0) is 24.0 Å². The van der Waals surface area contributed by atoms with Gasteiger partial charge in [-0.2, -0.15) is 9.47 Å². The number of carbonyl (C=O) groups is 1. The maximum Gasteiger partial charge on any atom is 0.258 e. The Hall–Kier alpha value is -2.47. The van der Waals surface area contributed by atoms with Crippen molar-refractivity contribution in [1.82, 2.24) is 14.2 Å².